The molecule has 6 nitrogen and oxygen atoms in total. The first-order valence-electron chi connectivity index (χ1n) is 8.69. The van der Waals surface area contributed by atoms with Gasteiger partial charge in [0, 0.05) is 5.02 Å². The highest BCUT2D eigenvalue weighted by Crippen LogP contribution is 2.27. The van der Waals surface area contributed by atoms with Crippen molar-refractivity contribution < 1.29 is 13.9 Å². The van der Waals surface area contributed by atoms with Gasteiger partial charge >= 0.3 is 6.01 Å². The number of anilines is 1. The van der Waals surface area contributed by atoms with Gasteiger partial charge in [-0.2, -0.15) is 0 Å². The minimum absolute atomic E-state index is 0.0182. The zero-order chi connectivity index (χ0) is 20.1. The molecule has 0 atom stereocenters. The van der Waals surface area contributed by atoms with E-state index in [9.17, 15) is 4.79 Å². The Balaban J connectivity index is 1.52. The number of hydrogen-bond donors (Lipinski definition) is 1. The maximum atomic E-state index is 12.0. The average molecular weight is 420 g/mol. The summed E-state index contributed by atoms with van der Waals surface area (Å²) in [4.78, 5) is 12.0. The fraction of sp³-hybridized carbons (Fsp3) is 0.250. The molecule has 0 fully saturated rings. The van der Waals surface area contributed by atoms with Crippen LogP contribution in [0.25, 0.3) is 0 Å². The van der Waals surface area contributed by atoms with Gasteiger partial charge in [-0.15, -0.1) is 5.10 Å². The Morgan fingerprint density at radius 2 is 1.89 bits per heavy atom. The summed E-state index contributed by atoms with van der Waals surface area (Å²) < 4.78 is 10.8. The molecule has 1 heterocycles. The van der Waals surface area contributed by atoms with Gasteiger partial charge in [0.1, 0.15) is 5.75 Å². The van der Waals surface area contributed by atoms with E-state index in [-0.39, 0.29) is 12.6 Å². The molecule has 8 heteroatoms. The topological polar surface area (TPSA) is 77.2 Å². The second-order valence-electron chi connectivity index (χ2n) is 6.49. The van der Waals surface area contributed by atoms with Gasteiger partial charge in [0.25, 0.3) is 5.91 Å². The Morgan fingerprint density at radius 3 is 2.57 bits per heavy atom. The zero-order valence-corrected chi connectivity index (χ0v) is 16.9. The van der Waals surface area contributed by atoms with E-state index in [1.807, 2.05) is 12.1 Å². The van der Waals surface area contributed by atoms with Crippen LogP contribution in [0.3, 0.4) is 0 Å². The quantitative estimate of drug-likeness (QED) is 0.575. The monoisotopic (exact) mass is 419 g/mol. The number of ether oxygens (including phenoxy) is 1. The Hall–Kier alpha value is -2.57. The van der Waals surface area contributed by atoms with Crippen molar-refractivity contribution in [2.75, 3.05) is 11.9 Å². The van der Waals surface area contributed by atoms with Crippen LogP contribution in [0.1, 0.15) is 36.8 Å². The van der Waals surface area contributed by atoms with Crippen LogP contribution in [0.4, 0.5) is 6.01 Å². The highest BCUT2D eigenvalue weighted by Gasteiger charge is 2.12. The fourth-order valence-corrected chi connectivity index (χ4v) is 2.92. The Kier molecular flexibility index (Phi) is 6.54. The standard InChI is InChI=1S/C20H19Cl2N3O3/c1-12(2)14-5-3-13(4-6-14)9-19-24-25-20(28-19)23-18(26)11-27-17-8-7-15(21)10-16(17)22/h3-8,10,12H,9,11H2,1-2H3,(H,23,25,26). The molecular formula is C20H19Cl2N3O3. The van der Waals surface area contributed by atoms with Crippen LogP contribution >= 0.6 is 23.2 Å². The summed E-state index contributed by atoms with van der Waals surface area (Å²) in [6.07, 6.45) is 0.484. The van der Waals surface area contributed by atoms with Gasteiger partial charge in [0.05, 0.1) is 11.4 Å². The molecule has 0 saturated heterocycles. The van der Waals surface area contributed by atoms with E-state index in [1.54, 1.807) is 12.1 Å². The lowest BCUT2D eigenvalue weighted by Crippen LogP contribution is -2.20. The van der Waals surface area contributed by atoms with Gasteiger partial charge in [0.15, 0.2) is 6.61 Å². The lowest BCUT2D eigenvalue weighted by Gasteiger charge is -2.07. The molecule has 2 aromatic carbocycles. The van der Waals surface area contributed by atoms with Crippen molar-refractivity contribution in [2.24, 2.45) is 0 Å². The number of benzene rings is 2. The molecule has 0 unspecified atom stereocenters. The Morgan fingerprint density at radius 1 is 1.14 bits per heavy atom. The third-order valence-corrected chi connectivity index (χ3v) is 4.50. The van der Waals surface area contributed by atoms with Gasteiger partial charge in [-0.05, 0) is 35.2 Å². The summed E-state index contributed by atoms with van der Waals surface area (Å²) >= 11 is 11.8. The SMILES string of the molecule is CC(C)c1ccc(Cc2nnc(NC(=O)COc3ccc(Cl)cc3Cl)o2)cc1. The maximum Gasteiger partial charge on any atom is 0.322 e. The van der Waals surface area contributed by atoms with Crippen LogP contribution in [0, 0.1) is 0 Å². The van der Waals surface area contributed by atoms with Crippen molar-refractivity contribution in [3.8, 4) is 5.75 Å². The maximum absolute atomic E-state index is 12.0. The number of rotatable bonds is 7. The predicted molar refractivity (Wildman–Crippen MR) is 108 cm³/mol. The molecule has 146 valence electrons. The van der Waals surface area contributed by atoms with Gasteiger partial charge < -0.3 is 9.15 Å². The summed E-state index contributed by atoms with van der Waals surface area (Å²) in [5.74, 6) is 0.804. The fourth-order valence-electron chi connectivity index (χ4n) is 2.46. The smallest absolute Gasteiger partial charge is 0.322 e. The average Bonchev–Trinajstić information content (AvgIpc) is 3.08. The molecule has 3 aromatic rings. The van der Waals surface area contributed by atoms with E-state index in [0.29, 0.717) is 34.0 Å². The molecule has 0 bridgehead atoms. The summed E-state index contributed by atoms with van der Waals surface area (Å²) in [5.41, 5.74) is 2.31. The molecule has 28 heavy (non-hydrogen) atoms. The lowest BCUT2D eigenvalue weighted by molar-refractivity contribution is -0.118. The molecule has 0 aliphatic rings. The second kappa shape index (κ2) is 9.08. The first kappa shape index (κ1) is 20.2. The number of nitrogens with one attached hydrogen (secondary N) is 1. The second-order valence-corrected chi connectivity index (χ2v) is 7.33. The normalized spacial score (nSPS) is 10.9. The van der Waals surface area contributed by atoms with E-state index in [2.05, 4.69) is 41.5 Å². The molecule has 0 aliphatic carbocycles. The molecule has 1 amide bonds. The van der Waals surface area contributed by atoms with Crippen LogP contribution in [-0.2, 0) is 11.2 Å². The van der Waals surface area contributed by atoms with Gasteiger partial charge in [-0.25, -0.2) is 0 Å². The molecule has 1 N–H and O–H groups in total. The summed E-state index contributed by atoms with van der Waals surface area (Å²) in [6.45, 7) is 4.04. The largest absolute Gasteiger partial charge is 0.482 e. The highest BCUT2D eigenvalue weighted by molar-refractivity contribution is 6.35. The van der Waals surface area contributed by atoms with E-state index >= 15 is 0 Å². The molecule has 0 aliphatic heterocycles. The molecule has 0 radical (unpaired) electrons. The van der Waals surface area contributed by atoms with Gasteiger partial charge in [0.2, 0.25) is 5.89 Å². The zero-order valence-electron chi connectivity index (χ0n) is 15.4. The first-order valence-corrected chi connectivity index (χ1v) is 9.45. The number of amides is 1. The Labute approximate surface area is 172 Å². The van der Waals surface area contributed by atoms with Crippen LogP contribution < -0.4 is 10.1 Å². The molecule has 1 aromatic heterocycles. The van der Waals surface area contributed by atoms with Crippen molar-refractivity contribution in [1.82, 2.24) is 10.2 Å². The molecule has 3 rings (SSSR count). The van der Waals surface area contributed by atoms with Crippen molar-refractivity contribution >= 4 is 35.1 Å². The minimum atomic E-state index is -0.442. The number of carbonyl (C=O) groups excluding carboxylic acids is 1. The summed E-state index contributed by atoms with van der Waals surface area (Å²) in [6, 6.07) is 13.0. The van der Waals surface area contributed by atoms with E-state index in [0.717, 1.165) is 5.56 Å². The number of aromatic nitrogens is 2. The van der Waals surface area contributed by atoms with Crippen molar-refractivity contribution in [3.05, 3.63) is 69.5 Å². The molecule has 0 saturated carbocycles. The van der Waals surface area contributed by atoms with E-state index < -0.39 is 5.91 Å². The predicted octanol–water partition coefficient (Wildman–Crippen LogP) is 5.11. The lowest BCUT2D eigenvalue weighted by atomic mass is 10.0. The highest BCUT2D eigenvalue weighted by atomic mass is 35.5. The number of nitrogens with zero attached hydrogens (tertiary/aromatic N) is 2. The third-order valence-electron chi connectivity index (χ3n) is 3.97. The van der Waals surface area contributed by atoms with Crippen molar-refractivity contribution in [2.45, 2.75) is 26.2 Å². The minimum Gasteiger partial charge on any atom is -0.482 e. The number of hydrogen-bond acceptors (Lipinski definition) is 5. The van der Waals surface area contributed by atoms with E-state index in [1.165, 1.54) is 11.6 Å². The first-order chi connectivity index (χ1) is 13.4. The van der Waals surface area contributed by atoms with Crippen LogP contribution in [0.2, 0.25) is 10.0 Å². The van der Waals surface area contributed by atoms with Gasteiger partial charge in [-0.1, -0.05) is 66.4 Å². The number of halogens is 2. The van der Waals surface area contributed by atoms with Crippen molar-refractivity contribution in [1.29, 1.82) is 0 Å². The van der Waals surface area contributed by atoms with Gasteiger partial charge in [-0.3, -0.25) is 10.1 Å². The summed E-state index contributed by atoms with van der Waals surface area (Å²) in [5, 5.41) is 11.1. The van der Waals surface area contributed by atoms with Crippen molar-refractivity contribution in [3.63, 3.8) is 0 Å². The number of carbonyl (C=O) groups is 1. The molecule has 0 spiro atoms. The van der Waals surface area contributed by atoms with Crippen LogP contribution in [-0.4, -0.2) is 22.7 Å². The Bertz CT molecular complexity index is 956. The van der Waals surface area contributed by atoms with Crippen LogP contribution in [0.5, 0.6) is 5.75 Å². The van der Waals surface area contributed by atoms with Crippen LogP contribution in [0.15, 0.2) is 46.9 Å². The summed E-state index contributed by atoms with van der Waals surface area (Å²) in [7, 11) is 0. The molecular weight excluding hydrogens is 401 g/mol. The van der Waals surface area contributed by atoms with E-state index in [4.69, 9.17) is 32.4 Å². The third kappa shape index (κ3) is 5.47.